The van der Waals surface area contributed by atoms with Crippen molar-refractivity contribution < 1.29 is 27.8 Å². The van der Waals surface area contributed by atoms with Crippen LogP contribution in [-0.4, -0.2) is 11.1 Å². The summed E-state index contributed by atoms with van der Waals surface area (Å²) in [6.07, 6.45) is -4.59. The zero-order valence-corrected chi connectivity index (χ0v) is 12.9. The SMILES string of the molecule is Cc1cccc(C(=O)O)c1COc1ccc(S)cc1C(F)(F)F. The molecule has 0 bridgehead atoms. The highest BCUT2D eigenvalue weighted by Crippen LogP contribution is 2.38. The first-order chi connectivity index (χ1) is 10.7. The number of ether oxygens (including phenoxy) is 1. The third-order valence-electron chi connectivity index (χ3n) is 3.28. The lowest BCUT2D eigenvalue weighted by Crippen LogP contribution is -2.11. The van der Waals surface area contributed by atoms with Crippen molar-refractivity contribution in [3.05, 3.63) is 58.7 Å². The molecule has 122 valence electrons. The van der Waals surface area contributed by atoms with Gasteiger partial charge in [-0.25, -0.2) is 4.79 Å². The average molecular weight is 342 g/mol. The van der Waals surface area contributed by atoms with E-state index in [2.05, 4.69) is 12.6 Å². The molecule has 23 heavy (non-hydrogen) atoms. The highest BCUT2D eigenvalue weighted by molar-refractivity contribution is 7.80. The number of aryl methyl sites for hydroxylation is 1. The Morgan fingerprint density at radius 2 is 1.96 bits per heavy atom. The summed E-state index contributed by atoms with van der Waals surface area (Å²) >= 11 is 3.90. The number of rotatable bonds is 4. The number of carboxylic acids is 1. The number of hydrogen-bond donors (Lipinski definition) is 2. The number of benzene rings is 2. The number of carbonyl (C=O) groups is 1. The largest absolute Gasteiger partial charge is 0.488 e. The number of carboxylic acid groups (broad SMARTS) is 1. The van der Waals surface area contributed by atoms with Crippen LogP contribution in [0, 0.1) is 6.92 Å². The van der Waals surface area contributed by atoms with E-state index >= 15 is 0 Å². The fourth-order valence-electron chi connectivity index (χ4n) is 2.11. The molecule has 0 unspecified atom stereocenters. The van der Waals surface area contributed by atoms with Gasteiger partial charge in [-0.3, -0.25) is 0 Å². The lowest BCUT2D eigenvalue weighted by Gasteiger charge is -2.16. The van der Waals surface area contributed by atoms with Crippen LogP contribution >= 0.6 is 12.6 Å². The van der Waals surface area contributed by atoms with Crippen molar-refractivity contribution in [3.8, 4) is 5.75 Å². The molecular formula is C16H13F3O3S. The Balaban J connectivity index is 2.35. The molecule has 0 saturated heterocycles. The van der Waals surface area contributed by atoms with E-state index in [1.807, 2.05) is 0 Å². The van der Waals surface area contributed by atoms with Crippen LogP contribution in [-0.2, 0) is 12.8 Å². The van der Waals surface area contributed by atoms with Crippen LogP contribution in [0.1, 0.15) is 27.0 Å². The second-order valence-electron chi connectivity index (χ2n) is 4.87. The quantitative estimate of drug-likeness (QED) is 0.800. The van der Waals surface area contributed by atoms with E-state index in [4.69, 9.17) is 9.84 Å². The fourth-order valence-corrected chi connectivity index (χ4v) is 2.31. The maximum Gasteiger partial charge on any atom is 0.420 e. The lowest BCUT2D eigenvalue weighted by atomic mass is 10.0. The Morgan fingerprint density at radius 1 is 1.26 bits per heavy atom. The summed E-state index contributed by atoms with van der Waals surface area (Å²) in [5, 5.41) is 9.16. The number of alkyl halides is 3. The van der Waals surface area contributed by atoms with E-state index < -0.39 is 17.7 Å². The van der Waals surface area contributed by atoms with Gasteiger partial charge in [-0.2, -0.15) is 13.2 Å². The molecule has 7 heteroatoms. The van der Waals surface area contributed by atoms with Gasteiger partial charge in [-0.1, -0.05) is 12.1 Å². The van der Waals surface area contributed by atoms with E-state index in [0.29, 0.717) is 11.1 Å². The minimum absolute atomic E-state index is 0.00405. The van der Waals surface area contributed by atoms with Crippen LogP contribution in [0.5, 0.6) is 5.75 Å². The first-order valence-electron chi connectivity index (χ1n) is 6.55. The Bertz CT molecular complexity index is 742. The monoisotopic (exact) mass is 342 g/mol. The summed E-state index contributed by atoms with van der Waals surface area (Å²) in [6, 6.07) is 8.04. The van der Waals surface area contributed by atoms with E-state index in [1.54, 1.807) is 19.1 Å². The molecule has 0 aliphatic rings. The van der Waals surface area contributed by atoms with Gasteiger partial charge < -0.3 is 9.84 Å². The molecule has 0 fully saturated rings. The number of halogens is 3. The first-order valence-corrected chi connectivity index (χ1v) is 6.99. The summed E-state index contributed by atoms with van der Waals surface area (Å²) in [4.78, 5) is 11.4. The van der Waals surface area contributed by atoms with E-state index in [1.165, 1.54) is 18.2 Å². The zero-order chi connectivity index (χ0) is 17.2. The van der Waals surface area contributed by atoms with Crippen molar-refractivity contribution in [1.29, 1.82) is 0 Å². The molecule has 2 aromatic carbocycles. The van der Waals surface area contributed by atoms with Crippen molar-refractivity contribution in [3.63, 3.8) is 0 Å². The van der Waals surface area contributed by atoms with Crippen LogP contribution in [0.25, 0.3) is 0 Å². The molecule has 3 nitrogen and oxygen atoms in total. The predicted octanol–water partition coefficient (Wildman–Crippen LogP) is 4.58. The Hall–Kier alpha value is -2.15. The van der Waals surface area contributed by atoms with Gasteiger partial charge in [0.15, 0.2) is 0 Å². The second kappa shape index (κ2) is 6.54. The number of hydrogen-bond acceptors (Lipinski definition) is 3. The van der Waals surface area contributed by atoms with Gasteiger partial charge >= 0.3 is 12.1 Å². The molecule has 2 aromatic rings. The molecule has 0 atom stereocenters. The van der Waals surface area contributed by atoms with Crippen LogP contribution in [0.15, 0.2) is 41.3 Å². The minimum Gasteiger partial charge on any atom is -0.488 e. The van der Waals surface area contributed by atoms with Gasteiger partial charge in [0, 0.05) is 10.5 Å². The lowest BCUT2D eigenvalue weighted by molar-refractivity contribution is -0.139. The maximum absolute atomic E-state index is 13.0. The van der Waals surface area contributed by atoms with Crippen LogP contribution < -0.4 is 4.74 Å². The standard InChI is InChI=1S/C16H13F3O3S/c1-9-3-2-4-11(15(20)21)12(9)8-22-14-6-5-10(23)7-13(14)16(17,18)19/h2-7,23H,8H2,1H3,(H,20,21). The molecule has 0 radical (unpaired) electrons. The Labute approximate surface area is 136 Å². The highest BCUT2D eigenvalue weighted by atomic mass is 32.1. The molecule has 0 amide bonds. The van der Waals surface area contributed by atoms with Crippen molar-refractivity contribution >= 4 is 18.6 Å². The highest BCUT2D eigenvalue weighted by Gasteiger charge is 2.34. The second-order valence-corrected chi connectivity index (χ2v) is 5.39. The normalized spacial score (nSPS) is 11.3. The van der Waals surface area contributed by atoms with Crippen molar-refractivity contribution in [2.75, 3.05) is 0 Å². The zero-order valence-electron chi connectivity index (χ0n) is 12.0. The van der Waals surface area contributed by atoms with Crippen LogP contribution in [0.3, 0.4) is 0 Å². The number of aromatic carboxylic acids is 1. The van der Waals surface area contributed by atoms with Crippen LogP contribution in [0.4, 0.5) is 13.2 Å². The summed E-state index contributed by atoms with van der Waals surface area (Å²) in [5.41, 5.74) is 0.0205. The maximum atomic E-state index is 13.0. The van der Waals surface area contributed by atoms with Gasteiger partial charge in [-0.05, 0) is 36.8 Å². The van der Waals surface area contributed by atoms with Crippen molar-refractivity contribution in [2.45, 2.75) is 24.6 Å². The molecule has 2 rings (SSSR count). The summed E-state index contributed by atoms with van der Waals surface area (Å²) in [6.45, 7) is 1.40. The van der Waals surface area contributed by atoms with Gasteiger partial charge in [0.05, 0.1) is 11.1 Å². The van der Waals surface area contributed by atoms with E-state index in [-0.39, 0.29) is 22.8 Å². The molecule has 0 aliphatic heterocycles. The average Bonchev–Trinajstić information content (AvgIpc) is 2.45. The summed E-state index contributed by atoms with van der Waals surface area (Å²) < 4.78 is 44.4. The predicted molar refractivity (Wildman–Crippen MR) is 81.2 cm³/mol. The molecule has 0 aliphatic carbocycles. The summed E-state index contributed by atoms with van der Waals surface area (Å²) in [7, 11) is 0. The van der Waals surface area contributed by atoms with Crippen LogP contribution in [0.2, 0.25) is 0 Å². The fraction of sp³-hybridized carbons (Fsp3) is 0.188. The van der Waals surface area contributed by atoms with Crippen molar-refractivity contribution in [2.24, 2.45) is 0 Å². The van der Waals surface area contributed by atoms with Gasteiger partial charge in [-0.15, -0.1) is 12.6 Å². The Morgan fingerprint density at radius 3 is 2.57 bits per heavy atom. The molecule has 0 spiro atoms. The molecule has 0 saturated carbocycles. The van der Waals surface area contributed by atoms with Crippen molar-refractivity contribution in [1.82, 2.24) is 0 Å². The number of thiol groups is 1. The third-order valence-corrected chi connectivity index (χ3v) is 3.56. The molecule has 0 aromatic heterocycles. The van der Waals surface area contributed by atoms with Gasteiger partial charge in [0.2, 0.25) is 0 Å². The molecular weight excluding hydrogens is 329 g/mol. The van der Waals surface area contributed by atoms with E-state index in [9.17, 15) is 18.0 Å². The Kier molecular flexibility index (Phi) is 4.89. The van der Waals surface area contributed by atoms with Gasteiger partial charge in [0.1, 0.15) is 12.4 Å². The topological polar surface area (TPSA) is 46.5 Å². The smallest absolute Gasteiger partial charge is 0.420 e. The minimum atomic E-state index is -4.59. The first kappa shape index (κ1) is 17.2. The molecule has 1 N–H and O–H groups in total. The molecule has 0 heterocycles. The van der Waals surface area contributed by atoms with E-state index in [0.717, 1.165) is 6.07 Å². The summed E-state index contributed by atoms with van der Waals surface area (Å²) in [5.74, 6) is -1.52. The van der Waals surface area contributed by atoms with Gasteiger partial charge in [0.25, 0.3) is 0 Å². The third kappa shape index (κ3) is 3.98.